The number of pyridine rings is 1. The molecule has 1 aromatic heterocycles. The molecule has 2 nitrogen and oxygen atoms in total. The van der Waals surface area contributed by atoms with Gasteiger partial charge in [0.25, 0.3) is 0 Å². The van der Waals surface area contributed by atoms with Crippen molar-refractivity contribution in [3.05, 3.63) is 65.5 Å². The molecule has 2 rings (SSSR count). The van der Waals surface area contributed by atoms with Crippen LogP contribution in [-0.4, -0.2) is 5.48 Å². The predicted molar refractivity (Wildman–Crippen MR) is 72.8 cm³/mol. The first kappa shape index (κ1) is 14.4. The van der Waals surface area contributed by atoms with Crippen LogP contribution in [0, 0.1) is 13.8 Å². The Morgan fingerprint density at radius 3 is 2.39 bits per heavy atom. The lowest BCUT2D eigenvalue weighted by atomic mass is 10.1. The van der Waals surface area contributed by atoms with Crippen molar-refractivity contribution in [2.24, 2.45) is 0 Å². The fraction of sp³-hybridized carbons (Fsp3) is 0.312. The molecule has 0 atom stereocenters. The summed E-state index contributed by atoms with van der Waals surface area (Å²) >= 11 is 0. The summed E-state index contributed by atoms with van der Waals surface area (Å²) in [5.41, 5.74) is 4.09. The van der Waals surface area contributed by atoms with Crippen LogP contribution in [0.15, 0.2) is 48.7 Å². The molecule has 0 bridgehead atoms. The van der Waals surface area contributed by atoms with Gasteiger partial charge in [0.2, 0.25) is 0 Å². The smallest absolute Gasteiger partial charge is 0.178 e. The zero-order valence-corrected chi connectivity index (χ0v) is 11.1. The summed E-state index contributed by atoms with van der Waals surface area (Å²) in [7, 11) is 0. The van der Waals surface area contributed by atoms with Gasteiger partial charge < -0.3 is 5.48 Å². The quantitative estimate of drug-likeness (QED) is 0.760. The molecule has 0 aliphatic heterocycles. The Labute approximate surface area is 109 Å². The van der Waals surface area contributed by atoms with Crippen LogP contribution in [0.1, 0.15) is 23.2 Å². The monoisotopic (exact) mass is 243 g/mol. The highest BCUT2D eigenvalue weighted by atomic mass is 16.0. The normalized spacial score (nSPS) is 9.89. The molecular weight excluding hydrogens is 222 g/mol. The van der Waals surface area contributed by atoms with E-state index < -0.39 is 0 Å². The topological polar surface area (TPSA) is 33.9 Å². The molecule has 0 radical (unpaired) electrons. The van der Waals surface area contributed by atoms with Crippen LogP contribution >= 0.6 is 0 Å². The molecule has 0 aliphatic carbocycles. The maximum absolute atomic E-state index is 2.35. The average molecular weight is 243 g/mol. The highest BCUT2D eigenvalue weighted by molar-refractivity contribution is 5.14. The van der Waals surface area contributed by atoms with Crippen LogP contribution in [0.3, 0.4) is 0 Å². The molecule has 96 valence electrons. The summed E-state index contributed by atoms with van der Waals surface area (Å²) in [6.07, 6.45) is 4.58. The molecule has 0 amide bonds. The van der Waals surface area contributed by atoms with Crippen molar-refractivity contribution >= 4 is 0 Å². The third-order valence-corrected chi connectivity index (χ3v) is 3.11. The summed E-state index contributed by atoms with van der Waals surface area (Å²) in [6, 6.07) is 15.1. The van der Waals surface area contributed by atoms with Crippen molar-refractivity contribution in [3.8, 4) is 0 Å². The Kier molecular flexibility index (Phi) is 5.53. The average Bonchev–Trinajstić information content (AvgIpc) is 2.35. The standard InChI is InChI=1S/C16H20N.H2O/c1-14-10-11-15(2)17(13-14)12-6-9-16-7-4-3-5-8-16;/h3-5,7-8,10-11,13H,6,9,12H2,1-2H3;1H2/q+1;/p-1. The second kappa shape index (κ2) is 6.92. The minimum Gasteiger partial charge on any atom is -0.870 e. The van der Waals surface area contributed by atoms with E-state index in [1.807, 2.05) is 0 Å². The Hall–Kier alpha value is -1.67. The molecule has 1 heterocycles. The first-order valence-electron chi connectivity index (χ1n) is 6.26. The minimum absolute atomic E-state index is 0. The second-order valence-electron chi connectivity index (χ2n) is 4.63. The summed E-state index contributed by atoms with van der Waals surface area (Å²) in [6.45, 7) is 5.41. The summed E-state index contributed by atoms with van der Waals surface area (Å²) < 4.78 is 2.35. The lowest BCUT2D eigenvalue weighted by Crippen LogP contribution is -2.37. The van der Waals surface area contributed by atoms with Crippen molar-refractivity contribution in [2.75, 3.05) is 0 Å². The van der Waals surface area contributed by atoms with Crippen LogP contribution in [0.5, 0.6) is 0 Å². The number of nitrogens with zero attached hydrogens (tertiary/aromatic N) is 1. The molecule has 0 fully saturated rings. The van der Waals surface area contributed by atoms with Crippen molar-refractivity contribution in [1.29, 1.82) is 0 Å². The minimum atomic E-state index is 0. The summed E-state index contributed by atoms with van der Waals surface area (Å²) in [4.78, 5) is 0. The summed E-state index contributed by atoms with van der Waals surface area (Å²) in [5.74, 6) is 0. The van der Waals surface area contributed by atoms with Gasteiger partial charge in [-0.25, -0.2) is 4.57 Å². The van der Waals surface area contributed by atoms with Crippen LogP contribution in [0.2, 0.25) is 0 Å². The van der Waals surface area contributed by atoms with Gasteiger partial charge in [-0.2, -0.15) is 0 Å². The van der Waals surface area contributed by atoms with Crippen molar-refractivity contribution in [3.63, 3.8) is 0 Å². The highest BCUT2D eigenvalue weighted by Crippen LogP contribution is 2.03. The Balaban J connectivity index is 0.00000162. The SMILES string of the molecule is Cc1ccc(C)[n+](CCCc2ccccc2)c1.[OH-]. The van der Waals surface area contributed by atoms with Gasteiger partial charge in [-0.05, 0) is 25.0 Å². The Bertz CT molecular complexity index is 480. The van der Waals surface area contributed by atoms with Crippen molar-refractivity contribution < 1.29 is 10.0 Å². The number of aryl methyl sites for hydroxylation is 4. The van der Waals surface area contributed by atoms with E-state index in [9.17, 15) is 0 Å². The molecule has 0 spiro atoms. The van der Waals surface area contributed by atoms with Gasteiger partial charge in [0.15, 0.2) is 11.9 Å². The van der Waals surface area contributed by atoms with Gasteiger partial charge in [-0.3, -0.25) is 0 Å². The van der Waals surface area contributed by atoms with Crippen LogP contribution < -0.4 is 4.57 Å². The van der Waals surface area contributed by atoms with E-state index in [1.165, 1.54) is 23.2 Å². The lowest BCUT2D eigenvalue weighted by Gasteiger charge is -2.02. The number of benzene rings is 1. The zero-order valence-electron chi connectivity index (χ0n) is 11.1. The molecule has 18 heavy (non-hydrogen) atoms. The number of hydrogen-bond donors (Lipinski definition) is 0. The molecular formula is C16H21NO. The van der Waals surface area contributed by atoms with Gasteiger partial charge in [0.05, 0.1) is 0 Å². The van der Waals surface area contributed by atoms with Crippen LogP contribution in [0.4, 0.5) is 0 Å². The second-order valence-corrected chi connectivity index (χ2v) is 4.63. The van der Waals surface area contributed by atoms with Gasteiger partial charge in [0, 0.05) is 25.0 Å². The lowest BCUT2D eigenvalue weighted by molar-refractivity contribution is -0.703. The molecule has 2 aromatic rings. The molecule has 0 saturated heterocycles. The van der Waals surface area contributed by atoms with Crippen molar-refractivity contribution in [2.45, 2.75) is 33.2 Å². The van der Waals surface area contributed by atoms with Crippen LogP contribution in [-0.2, 0) is 13.0 Å². The van der Waals surface area contributed by atoms with Gasteiger partial charge >= 0.3 is 0 Å². The van der Waals surface area contributed by atoms with Gasteiger partial charge in [-0.1, -0.05) is 30.3 Å². The predicted octanol–water partition coefficient (Wildman–Crippen LogP) is 3.05. The Morgan fingerprint density at radius 2 is 1.67 bits per heavy atom. The number of rotatable bonds is 4. The molecule has 0 unspecified atom stereocenters. The summed E-state index contributed by atoms with van der Waals surface area (Å²) in [5, 5.41) is 0. The highest BCUT2D eigenvalue weighted by Gasteiger charge is 2.05. The number of hydrogen-bond acceptors (Lipinski definition) is 1. The molecule has 0 saturated carbocycles. The van der Waals surface area contributed by atoms with E-state index in [0.717, 1.165) is 13.0 Å². The molecule has 0 aliphatic rings. The largest absolute Gasteiger partial charge is 0.870 e. The maximum Gasteiger partial charge on any atom is 0.178 e. The third-order valence-electron chi connectivity index (χ3n) is 3.11. The molecule has 1 aromatic carbocycles. The van der Waals surface area contributed by atoms with Crippen molar-refractivity contribution in [1.82, 2.24) is 0 Å². The van der Waals surface area contributed by atoms with Gasteiger partial charge in [0.1, 0.15) is 6.54 Å². The first-order chi connectivity index (χ1) is 8.25. The van der Waals surface area contributed by atoms with E-state index in [1.54, 1.807) is 0 Å². The first-order valence-corrected chi connectivity index (χ1v) is 6.26. The van der Waals surface area contributed by atoms with Crippen LogP contribution in [0.25, 0.3) is 0 Å². The third kappa shape index (κ3) is 3.97. The number of aromatic nitrogens is 1. The fourth-order valence-electron chi connectivity index (χ4n) is 2.08. The van der Waals surface area contributed by atoms with Gasteiger partial charge in [-0.15, -0.1) is 0 Å². The zero-order chi connectivity index (χ0) is 12.1. The van der Waals surface area contributed by atoms with E-state index in [4.69, 9.17) is 0 Å². The molecule has 1 N–H and O–H groups in total. The van der Waals surface area contributed by atoms with E-state index in [0.29, 0.717) is 0 Å². The van der Waals surface area contributed by atoms with E-state index in [-0.39, 0.29) is 5.48 Å². The Morgan fingerprint density at radius 1 is 0.944 bits per heavy atom. The fourth-order valence-corrected chi connectivity index (χ4v) is 2.08. The van der Waals surface area contributed by atoms with E-state index in [2.05, 4.69) is 67.1 Å². The van der Waals surface area contributed by atoms with E-state index >= 15 is 0 Å². The molecule has 2 heteroatoms. The maximum atomic E-state index is 2.35.